The standard InChI is InChI=1S/C11H15BrClNO2S/c1-8(6-13)7-17(15,16)14-11-5-10(12)4-3-9(11)2/h3-5,8,14H,6-7H2,1-2H3. The molecule has 0 aromatic heterocycles. The molecular formula is C11H15BrClNO2S. The number of hydrogen-bond donors (Lipinski definition) is 1. The van der Waals surface area contributed by atoms with E-state index in [2.05, 4.69) is 20.7 Å². The van der Waals surface area contributed by atoms with E-state index < -0.39 is 10.0 Å². The van der Waals surface area contributed by atoms with Crippen LogP contribution in [0.5, 0.6) is 0 Å². The van der Waals surface area contributed by atoms with Crippen LogP contribution in [0.4, 0.5) is 5.69 Å². The summed E-state index contributed by atoms with van der Waals surface area (Å²) in [6.07, 6.45) is 0. The van der Waals surface area contributed by atoms with E-state index in [1.54, 1.807) is 13.0 Å². The average Bonchev–Trinajstić information content (AvgIpc) is 2.22. The Balaban J connectivity index is 2.86. The molecule has 0 saturated heterocycles. The van der Waals surface area contributed by atoms with Gasteiger partial charge >= 0.3 is 0 Å². The quantitative estimate of drug-likeness (QED) is 0.835. The zero-order chi connectivity index (χ0) is 13.1. The molecule has 0 aliphatic heterocycles. The summed E-state index contributed by atoms with van der Waals surface area (Å²) in [5, 5.41) is 0. The highest BCUT2D eigenvalue weighted by molar-refractivity contribution is 9.10. The third kappa shape index (κ3) is 4.85. The highest BCUT2D eigenvalue weighted by atomic mass is 79.9. The van der Waals surface area contributed by atoms with Gasteiger partial charge in [-0.25, -0.2) is 8.42 Å². The van der Waals surface area contributed by atoms with Gasteiger partial charge in [0.1, 0.15) is 0 Å². The molecule has 3 nitrogen and oxygen atoms in total. The van der Waals surface area contributed by atoms with Crippen molar-refractivity contribution in [1.29, 1.82) is 0 Å². The summed E-state index contributed by atoms with van der Waals surface area (Å²) in [5.74, 6) is 0.294. The van der Waals surface area contributed by atoms with Crippen LogP contribution in [0.3, 0.4) is 0 Å². The minimum absolute atomic E-state index is 0.0302. The molecule has 1 rings (SSSR count). The zero-order valence-electron chi connectivity index (χ0n) is 9.70. The molecule has 0 bridgehead atoms. The fourth-order valence-electron chi connectivity index (χ4n) is 1.33. The summed E-state index contributed by atoms with van der Waals surface area (Å²) in [4.78, 5) is 0. The molecule has 1 N–H and O–H groups in total. The maximum atomic E-state index is 11.8. The van der Waals surface area contributed by atoms with Crippen molar-refractivity contribution in [3.05, 3.63) is 28.2 Å². The van der Waals surface area contributed by atoms with E-state index in [9.17, 15) is 8.42 Å². The van der Waals surface area contributed by atoms with Gasteiger partial charge in [-0.15, -0.1) is 11.6 Å². The predicted octanol–water partition coefficient (Wildman–Crippen LogP) is 3.37. The van der Waals surface area contributed by atoms with Crippen LogP contribution in [-0.2, 0) is 10.0 Å². The first-order chi connectivity index (χ1) is 7.84. The van der Waals surface area contributed by atoms with Crippen molar-refractivity contribution in [3.63, 3.8) is 0 Å². The maximum Gasteiger partial charge on any atom is 0.233 e. The van der Waals surface area contributed by atoms with Crippen LogP contribution in [0.25, 0.3) is 0 Å². The van der Waals surface area contributed by atoms with Gasteiger partial charge in [0.25, 0.3) is 0 Å². The molecule has 0 heterocycles. The summed E-state index contributed by atoms with van der Waals surface area (Å²) in [5.41, 5.74) is 1.48. The summed E-state index contributed by atoms with van der Waals surface area (Å²) in [7, 11) is -3.34. The number of nitrogens with one attached hydrogen (secondary N) is 1. The second kappa shape index (κ2) is 6.07. The molecular weight excluding hydrogens is 326 g/mol. The number of aryl methyl sites for hydroxylation is 1. The van der Waals surface area contributed by atoms with Crippen molar-refractivity contribution in [3.8, 4) is 0 Å². The van der Waals surface area contributed by atoms with Gasteiger partial charge in [-0.3, -0.25) is 4.72 Å². The molecule has 1 unspecified atom stereocenters. The SMILES string of the molecule is Cc1ccc(Br)cc1NS(=O)(=O)CC(C)CCl. The Labute approximate surface area is 116 Å². The molecule has 0 aliphatic carbocycles. The number of anilines is 1. The van der Waals surface area contributed by atoms with Crippen LogP contribution in [0.2, 0.25) is 0 Å². The molecule has 96 valence electrons. The van der Waals surface area contributed by atoms with Gasteiger partial charge in [0.05, 0.1) is 11.4 Å². The Kier molecular flexibility index (Phi) is 5.28. The van der Waals surface area contributed by atoms with E-state index in [0.29, 0.717) is 11.6 Å². The lowest BCUT2D eigenvalue weighted by Gasteiger charge is -2.13. The molecule has 0 aliphatic rings. The summed E-state index contributed by atoms with van der Waals surface area (Å²) in [6.45, 7) is 3.66. The van der Waals surface area contributed by atoms with E-state index >= 15 is 0 Å². The van der Waals surface area contributed by atoms with Crippen molar-refractivity contribution >= 4 is 43.2 Å². The molecule has 0 radical (unpaired) electrons. The van der Waals surface area contributed by atoms with Crippen LogP contribution >= 0.6 is 27.5 Å². The van der Waals surface area contributed by atoms with Crippen molar-refractivity contribution in [2.45, 2.75) is 13.8 Å². The second-order valence-corrected chi connectivity index (χ2v) is 7.09. The van der Waals surface area contributed by atoms with Gasteiger partial charge in [0.15, 0.2) is 0 Å². The van der Waals surface area contributed by atoms with E-state index in [4.69, 9.17) is 11.6 Å². The lowest BCUT2D eigenvalue weighted by Crippen LogP contribution is -2.22. The second-order valence-electron chi connectivity index (χ2n) is 4.10. The topological polar surface area (TPSA) is 46.2 Å². The Morgan fingerprint density at radius 2 is 2.12 bits per heavy atom. The van der Waals surface area contributed by atoms with Crippen LogP contribution < -0.4 is 4.72 Å². The Hall–Kier alpha value is -0.260. The zero-order valence-corrected chi connectivity index (χ0v) is 12.9. The number of halogens is 2. The average molecular weight is 341 g/mol. The van der Waals surface area contributed by atoms with Crippen molar-refractivity contribution in [1.82, 2.24) is 0 Å². The fraction of sp³-hybridized carbons (Fsp3) is 0.455. The number of rotatable bonds is 5. The monoisotopic (exact) mass is 339 g/mol. The molecule has 1 atom stereocenters. The van der Waals surface area contributed by atoms with E-state index in [0.717, 1.165) is 10.0 Å². The summed E-state index contributed by atoms with van der Waals surface area (Å²) >= 11 is 8.93. The van der Waals surface area contributed by atoms with Crippen LogP contribution in [0.1, 0.15) is 12.5 Å². The normalized spacial score (nSPS) is 13.4. The third-order valence-corrected chi connectivity index (χ3v) is 4.79. The first-order valence-corrected chi connectivity index (χ1v) is 8.14. The van der Waals surface area contributed by atoms with Gasteiger partial charge in [0, 0.05) is 10.4 Å². The maximum absolute atomic E-state index is 11.8. The van der Waals surface area contributed by atoms with Gasteiger partial charge in [0.2, 0.25) is 10.0 Å². The van der Waals surface area contributed by atoms with Crippen molar-refractivity contribution < 1.29 is 8.42 Å². The molecule has 0 saturated carbocycles. The first kappa shape index (κ1) is 14.8. The van der Waals surface area contributed by atoms with E-state index in [1.165, 1.54) is 0 Å². The molecule has 6 heteroatoms. The van der Waals surface area contributed by atoms with Gasteiger partial charge in [-0.1, -0.05) is 28.9 Å². The minimum Gasteiger partial charge on any atom is -0.283 e. The number of hydrogen-bond acceptors (Lipinski definition) is 2. The molecule has 1 aromatic carbocycles. The van der Waals surface area contributed by atoms with Crippen LogP contribution in [0, 0.1) is 12.8 Å². The molecule has 1 aromatic rings. The highest BCUT2D eigenvalue weighted by Gasteiger charge is 2.16. The lowest BCUT2D eigenvalue weighted by atomic mass is 10.2. The smallest absolute Gasteiger partial charge is 0.233 e. The van der Waals surface area contributed by atoms with E-state index in [-0.39, 0.29) is 11.7 Å². The Bertz CT molecular complexity index is 490. The largest absolute Gasteiger partial charge is 0.283 e. The van der Waals surface area contributed by atoms with Gasteiger partial charge < -0.3 is 0 Å². The Morgan fingerprint density at radius 1 is 1.47 bits per heavy atom. The number of sulfonamides is 1. The van der Waals surface area contributed by atoms with Crippen LogP contribution in [-0.4, -0.2) is 20.1 Å². The predicted molar refractivity (Wildman–Crippen MR) is 76.2 cm³/mol. The lowest BCUT2D eigenvalue weighted by molar-refractivity contribution is 0.588. The van der Waals surface area contributed by atoms with Crippen molar-refractivity contribution in [2.75, 3.05) is 16.4 Å². The number of alkyl halides is 1. The molecule has 17 heavy (non-hydrogen) atoms. The minimum atomic E-state index is -3.34. The molecule has 0 fully saturated rings. The summed E-state index contributed by atoms with van der Waals surface area (Å²) < 4.78 is 27.1. The Morgan fingerprint density at radius 3 is 2.71 bits per heavy atom. The van der Waals surface area contributed by atoms with E-state index in [1.807, 2.05) is 19.1 Å². The van der Waals surface area contributed by atoms with Crippen LogP contribution in [0.15, 0.2) is 22.7 Å². The van der Waals surface area contributed by atoms with Gasteiger partial charge in [-0.2, -0.15) is 0 Å². The van der Waals surface area contributed by atoms with Gasteiger partial charge in [-0.05, 0) is 30.5 Å². The molecule has 0 spiro atoms. The first-order valence-electron chi connectivity index (χ1n) is 5.16. The number of benzene rings is 1. The molecule has 0 amide bonds. The third-order valence-electron chi connectivity index (χ3n) is 2.23. The van der Waals surface area contributed by atoms with Crippen molar-refractivity contribution in [2.24, 2.45) is 5.92 Å². The summed E-state index contributed by atoms with van der Waals surface area (Å²) in [6, 6.07) is 5.47. The highest BCUT2D eigenvalue weighted by Crippen LogP contribution is 2.22. The fourth-order valence-corrected chi connectivity index (χ4v) is 3.44.